The largest absolute Gasteiger partial charge is 0.492 e. The summed E-state index contributed by atoms with van der Waals surface area (Å²) in [6, 6.07) is 27.1. The second-order valence-corrected chi connectivity index (χ2v) is 7.73. The number of anilines is 1. The predicted octanol–water partition coefficient (Wildman–Crippen LogP) is 5.34. The molecular weight excluding hydrogens is 420 g/mol. The van der Waals surface area contributed by atoms with Gasteiger partial charge in [-0.15, -0.1) is 10.2 Å². The van der Waals surface area contributed by atoms with Gasteiger partial charge >= 0.3 is 0 Å². The number of nitrogens with one attached hydrogen (secondary N) is 1. The van der Waals surface area contributed by atoms with Gasteiger partial charge in [-0.2, -0.15) is 0 Å². The van der Waals surface area contributed by atoms with Crippen molar-refractivity contribution in [3.8, 4) is 28.3 Å². The second kappa shape index (κ2) is 10.5. The van der Waals surface area contributed by atoms with Gasteiger partial charge in [0.1, 0.15) is 17.1 Å². The van der Waals surface area contributed by atoms with Crippen LogP contribution in [0.1, 0.15) is 6.92 Å². The van der Waals surface area contributed by atoms with E-state index in [-0.39, 0.29) is 11.7 Å². The molecular formula is C25H22N4O2S. The molecule has 0 bridgehead atoms. The number of hydrogen-bond donors (Lipinski definition) is 1. The van der Waals surface area contributed by atoms with Crippen molar-refractivity contribution in [3.05, 3.63) is 84.9 Å². The van der Waals surface area contributed by atoms with Crippen LogP contribution < -0.4 is 10.1 Å². The Balaban J connectivity index is 1.53. The first kappa shape index (κ1) is 21.5. The molecule has 1 heterocycles. The molecule has 0 fully saturated rings. The van der Waals surface area contributed by atoms with Gasteiger partial charge in [0, 0.05) is 11.1 Å². The Morgan fingerprint density at radius 2 is 1.47 bits per heavy atom. The summed E-state index contributed by atoms with van der Waals surface area (Å²) in [6.07, 6.45) is 0. The molecule has 6 nitrogen and oxygen atoms in total. The number of rotatable bonds is 8. The van der Waals surface area contributed by atoms with E-state index in [2.05, 4.69) is 15.5 Å². The predicted molar refractivity (Wildman–Crippen MR) is 128 cm³/mol. The molecule has 0 spiro atoms. The first-order chi connectivity index (χ1) is 15.7. The molecule has 1 aromatic heterocycles. The Bertz CT molecular complexity index is 1190. The van der Waals surface area contributed by atoms with E-state index >= 15 is 0 Å². The Hall–Kier alpha value is -3.71. The third-order valence-corrected chi connectivity index (χ3v) is 5.39. The van der Waals surface area contributed by atoms with Crippen molar-refractivity contribution in [2.24, 2.45) is 0 Å². The van der Waals surface area contributed by atoms with Crippen molar-refractivity contribution in [1.82, 2.24) is 15.2 Å². The normalized spacial score (nSPS) is 10.5. The van der Waals surface area contributed by atoms with Crippen LogP contribution in [0.5, 0.6) is 5.75 Å². The number of ether oxygens (including phenoxy) is 1. The number of amides is 1. The first-order valence-electron chi connectivity index (χ1n) is 10.2. The summed E-state index contributed by atoms with van der Waals surface area (Å²) in [7, 11) is 0. The van der Waals surface area contributed by atoms with Gasteiger partial charge in [0.25, 0.3) is 0 Å². The van der Waals surface area contributed by atoms with Crippen LogP contribution in [0.15, 0.2) is 90.1 Å². The van der Waals surface area contributed by atoms with Crippen molar-refractivity contribution >= 4 is 23.4 Å². The number of hydrogen-bond acceptors (Lipinski definition) is 6. The lowest BCUT2D eigenvalue weighted by atomic mass is 10.0. The highest BCUT2D eigenvalue weighted by Gasteiger charge is 2.15. The van der Waals surface area contributed by atoms with Gasteiger partial charge in [-0.25, -0.2) is 4.98 Å². The molecule has 0 saturated carbocycles. The van der Waals surface area contributed by atoms with Gasteiger partial charge in [-0.1, -0.05) is 84.6 Å². The van der Waals surface area contributed by atoms with E-state index in [9.17, 15) is 4.79 Å². The van der Waals surface area contributed by atoms with Crippen molar-refractivity contribution in [2.75, 3.05) is 17.7 Å². The highest BCUT2D eigenvalue weighted by atomic mass is 32.2. The summed E-state index contributed by atoms with van der Waals surface area (Å²) in [5.41, 5.74) is 3.96. The summed E-state index contributed by atoms with van der Waals surface area (Å²) in [4.78, 5) is 17.3. The Labute approximate surface area is 191 Å². The van der Waals surface area contributed by atoms with Gasteiger partial charge in [0.2, 0.25) is 11.1 Å². The third-order valence-electron chi connectivity index (χ3n) is 4.56. The summed E-state index contributed by atoms with van der Waals surface area (Å²) < 4.78 is 5.56. The minimum absolute atomic E-state index is 0.154. The Morgan fingerprint density at radius 3 is 2.16 bits per heavy atom. The van der Waals surface area contributed by atoms with Gasteiger partial charge < -0.3 is 10.1 Å². The molecule has 7 heteroatoms. The second-order valence-electron chi connectivity index (χ2n) is 6.79. The van der Waals surface area contributed by atoms with Crippen LogP contribution in [-0.2, 0) is 4.79 Å². The number of para-hydroxylation sites is 2. The van der Waals surface area contributed by atoms with Crippen LogP contribution in [0.4, 0.5) is 5.69 Å². The molecule has 0 saturated heterocycles. The van der Waals surface area contributed by atoms with E-state index in [0.29, 0.717) is 28.9 Å². The molecule has 1 N–H and O–H groups in total. The minimum atomic E-state index is -0.167. The molecule has 32 heavy (non-hydrogen) atoms. The molecule has 3 aromatic carbocycles. The van der Waals surface area contributed by atoms with Crippen LogP contribution in [0.2, 0.25) is 0 Å². The van der Waals surface area contributed by atoms with Crippen LogP contribution in [0.3, 0.4) is 0 Å². The van der Waals surface area contributed by atoms with Gasteiger partial charge in [0.05, 0.1) is 18.0 Å². The molecule has 0 radical (unpaired) electrons. The zero-order chi connectivity index (χ0) is 22.2. The summed E-state index contributed by atoms with van der Waals surface area (Å²) in [5.74, 6) is 0.630. The van der Waals surface area contributed by atoms with E-state index in [1.807, 2.05) is 91.9 Å². The highest BCUT2D eigenvalue weighted by Crippen LogP contribution is 2.30. The number of benzene rings is 3. The van der Waals surface area contributed by atoms with Crippen LogP contribution in [0, 0.1) is 0 Å². The van der Waals surface area contributed by atoms with Crippen molar-refractivity contribution in [2.45, 2.75) is 12.1 Å². The fraction of sp³-hybridized carbons (Fsp3) is 0.120. The zero-order valence-electron chi connectivity index (χ0n) is 17.6. The number of nitrogens with zero attached hydrogens (tertiary/aromatic N) is 3. The summed E-state index contributed by atoms with van der Waals surface area (Å²) in [5, 5.41) is 12.0. The monoisotopic (exact) mass is 442 g/mol. The van der Waals surface area contributed by atoms with Crippen molar-refractivity contribution in [3.63, 3.8) is 0 Å². The Kier molecular flexibility index (Phi) is 7.09. The van der Waals surface area contributed by atoms with E-state index in [1.165, 1.54) is 11.8 Å². The average Bonchev–Trinajstić information content (AvgIpc) is 2.85. The van der Waals surface area contributed by atoms with E-state index in [0.717, 1.165) is 16.8 Å². The summed E-state index contributed by atoms with van der Waals surface area (Å²) in [6.45, 7) is 2.43. The quantitative estimate of drug-likeness (QED) is 0.372. The van der Waals surface area contributed by atoms with Crippen LogP contribution in [0.25, 0.3) is 22.5 Å². The number of aromatic nitrogens is 3. The summed E-state index contributed by atoms with van der Waals surface area (Å²) >= 11 is 1.24. The smallest absolute Gasteiger partial charge is 0.234 e. The van der Waals surface area contributed by atoms with Crippen LogP contribution in [-0.4, -0.2) is 33.4 Å². The molecule has 0 atom stereocenters. The fourth-order valence-corrected chi connectivity index (χ4v) is 3.71. The average molecular weight is 443 g/mol. The van der Waals surface area contributed by atoms with Crippen molar-refractivity contribution < 1.29 is 9.53 Å². The standard InChI is InChI=1S/C25H22N4O2S/c1-2-31-21-16-10-9-15-20(21)26-22(30)17-32-25-27-23(18-11-5-3-6-12-18)24(28-29-25)19-13-7-4-8-14-19/h3-16H,2,17H2,1H3,(H,26,30). The van der Waals surface area contributed by atoms with E-state index < -0.39 is 0 Å². The molecule has 1 amide bonds. The number of carbonyl (C=O) groups is 1. The zero-order valence-corrected chi connectivity index (χ0v) is 18.4. The molecule has 0 aliphatic carbocycles. The topological polar surface area (TPSA) is 77.0 Å². The molecule has 4 aromatic rings. The molecule has 160 valence electrons. The lowest BCUT2D eigenvalue weighted by Crippen LogP contribution is -2.15. The van der Waals surface area contributed by atoms with Gasteiger partial charge in [-0.05, 0) is 19.1 Å². The maximum atomic E-state index is 12.5. The fourth-order valence-electron chi connectivity index (χ4n) is 3.13. The number of carbonyl (C=O) groups excluding carboxylic acids is 1. The van der Waals surface area contributed by atoms with Gasteiger partial charge in [-0.3, -0.25) is 4.79 Å². The molecule has 0 aliphatic heterocycles. The minimum Gasteiger partial charge on any atom is -0.492 e. The van der Waals surface area contributed by atoms with Gasteiger partial charge in [0.15, 0.2) is 0 Å². The first-order valence-corrected chi connectivity index (χ1v) is 11.2. The lowest BCUT2D eigenvalue weighted by Gasteiger charge is -2.11. The SMILES string of the molecule is CCOc1ccccc1NC(=O)CSc1nnc(-c2ccccc2)c(-c2ccccc2)n1. The van der Waals surface area contributed by atoms with E-state index in [1.54, 1.807) is 0 Å². The van der Waals surface area contributed by atoms with Crippen LogP contribution >= 0.6 is 11.8 Å². The molecule has 4 rings (SSSR count). The molecule has 0 unspecified atom stereocenters. The maximum Gasteiger partial charge on any atom is 0.234 e. The molecule has 0 aliphatic rings. The van der Waals surface area contributed by atoms with E-state index in [4.69, 9.17) is 9.72 Å². The number of thioether (sulfide) groups is 1. The third kappa shape index (κ3) is 5.31. The highest BCUT2D eigenvalue weighted by molar-refractivity contribution is 7.99. The maximum absolute atomic E-state index is 12.5. The Morgan fingerprint density at radius 1 is 0.844 bits per heavy atom. The van der Waals surface area contributed by atoms with Crippen molar-refractivity contribution in [1.29, 1.82) is 0 Å². The lowest BCUT2D eigenvalue weighted by molar-refractivity contribution is -0.113.